The summed E-state index contributed by atoms with van der Waals surface area (Å²) in [5, 5.41) is 3.34. The highest BCUT2D eigenvalue weighted by Crippen LogP contribution is 2.20. The van der Waals surface area contributed by atoms with Gasteiger partial charge in [0, 0.05) is 38.6 Å². The van der Waals surface area contributed by atoms with Gasteiger partial charge in [-0.3, -0.25) is 0 Å². The number of morpholine rings is 1. The van der Waals surface area contributed by atoms with Crippen molar-refractivity contribution in [3.8, 4) is 0 Å². The SMILES string of the molecule is CN(C)c1ccc(Nc2nc(Cl)nc(N3CCOCC3)n2)cc1. The Labute approximate surface area is 140 Å². The maximum Gasteiger partial charge on any atom is 0.233 e. The van der Waals surface area contributed by atoms with Crippen molar-refractivity contribution in [3.05, 3.63) is 29.5 Å². The van der Waals surface area contributed by atoms with Crippen molar-refractivity contribution in [1.29, 1.82) is 0 Å². The van der Waals surface area contributed by atoms with Crippen LogP contribution in [0, 0.1) is 0 Å². The van der Waals surface area contributed by atoms with Crippen molar-refractivity contribution in [2.75, 3.05) is 55.5 Å². The molecule has 3 rings (SSSR count). The number of rotatable bonds is 4. The van der Waals surface area contributed by atoms with Gasteiger partial charge in [0.25, 0.3) is 0 Å². The Balaban J connectivity index is 1.78. The van der Waals surface area contributed by atoms with Gasteiger partial charge in [0.05, 0.1) is 13.2 Å². The van der Waals surface area contributed by atoms with Gasteiger partial charge in [-0.15, -0.1) is 0 Å². The van der Waals surface area contributed by atoms with E-state index in [1.807, 2.05) is 48.2 Å². The van der Waals surface area contributed by atoms with Gasteiger partial charge in [0.15, 0.2) is 0 Å². The molecule has 0 bridgehead atoms. The highest BCUT2D eigenvalue weighted by Gasteiger charge is 2.16. The first kappa shape index (κ1) is 15.8. The van der Waals surface area contributed by atoms with E-state index in [0.29, 0.717) is 25.1 Å². The normalized spacial score (nSPS) is 14.7. The second-order valence-corrected chi connectivity index (χ2v) is 5.73. The maximum atomic E-state index is 6.04. The molecule has 2 heterocycles. The van der Waals surface area contributed by atoms with Crippen LogP contribution in [0.25, 0.3) is 0 Å². The van der Waals surface area contributed by atoms with E-state index < -0.39 is 0 Å². The Morgan fingerprint density at radius 2 is 1.78 bits per heavy atom. The Morgan fingerprint density at radius 3 is 2.43 bits per heavy atom. The van der Waals surface area contributed by atoms with Crippen LogP contribution in [-0.2, 0) is 4.74 Å². The molecule has 1 aromatic heterocycles. The molecule has 1 aliphatic heterocycles. The van der Waals surface area contributed by atoms with Crippen LogP contribution >= 0.6 is 11.6 Å². The van der Waals surface area contributed by atoms with E-state index in [9.17, 15) is 0 Å². The lowest BCUT2D eigenvalue weighted by Crippen LogP contribution is -2.37. The highest BCUT2D eigenvalue weighted by molar-refractivity contribution is 6.28. The van der Waals surface area contributed by atoms with Crippen LogP contribution in [0.3, 0.4) is 0 Å². The standard InChI is InChI=1S/C15H19ClN6O/c1-21(2)12-5-3-11(4-6-12)17-14-18-13(16)19-15(20-14)22-7-9-23-10-8-22/h3-6H,7-10H2,1-2H3,(H,17,18,19,20). The second kappa shape index (κ2) is 6.97. The minimum absolute atomic E-state index is 0.175. The monoisotopic (exact) mass is 334 g/mol. The van der Waals surface area contributed by atoms with Gasteiger partial charge >= 0.3 is 0 Å². The lowest BCUT2D eigenvalue weighted by molar-refractivity contribution is 0.122. The first-order valence-corrected chi connectivity index (χ1v) is 7.78. The fourth-order valence-corrected chi connectivity index (χ4v) is 2.43. The molecule has 23 heavy (non-hydrogen) atoms. The van der Waals surface area contributed by atoms with Crippen LogP contribution in [0.5, 0.6) is 0 Å². The van der Waals surface area contributed by atoms with Crippen LogP contribution in [0.2, 0.25) is 5.28 Å². The summed E-state index contributed by atoms with van der Waals surface area (Å²) in [4.78, 5) is 16.9. The molecule has 0 atom stereocenters. The number of anilines is 4. The van der Waals surface area contributed by atoms with Crippen LogP contribution in [0.1, 0.15) is 0 Å². The van der Waals surface area contributed by atoms with Crippen LogP contribution < -0.4 is 15.1 Å². The highest BCUT2D eigenvalue weighted by atomic mass is 35.5. The van der Waals surface area contributed by atoms with Gasteiger partial charge in [-0.05, 0) is 35.9 Å². The summed E-state index contributed by atoms with van der Waals surface area (Å²) >= 11 is 6.04. The fourth-order valence-electron chi connectivity index (χ4n) is 2.27. The van der Waals surface area contributed by atoms with Gasteiger partial charge in [-0.25, -0.2) is 0 Å². The van der Waals surface area contributed by atoms with Gasteiger partial charge < -0.3 is 19.9 Å². The minimum Gasteiger partial charge on any atom is -0.378 e. The molecular formula is C15H19ClN6O. The van der Waals surface area contributed by atoms with Crippen LogP contribution in [-0.4, -0.2) is 55.4 Å². The third-order valence-electron chi connectivity index (χ3n) is 3.53. The van der Waals surface area contributed by atoms with E-state index in [4.69, 9.17) is 16.3 Å². The second-order valence-electron chi connectivity index (χ2n) is 5.39. The summed E-state index contributed by atoms with van der Waals surface area (Å²) < 4.78 is 5.34. The van der Waals surface area contributed by atoms with Crippen molar-refractivity contribution in [2.24, 2.45) is 0 Å². The molecule has 0 unspecified atom stereocenters. The van der Waals surface area contributed by atoms with Crippen molar-refractivity contribution in [2.45, 2.75) is 0 Å². The average Bonchev–Trinajstić information content (AvgIpc) is 2.55. The summed E-state index contributed by atoms with van der Waals surface area (Å²) in [5.41, 5.74) is 2.02. The number of hydrogen-bond donors (Lipinski definition) is 1. The van der Waals surface area contributed by atoms with Crippen molar-refractivity contribution in [1.82, 2.24) is 15.0 Å². The molecule has 1 aliphatic rings. The van der Waals surface area contributed by atoms with E-state index in [2.05, 4.69) is 20.3 Å². The first-order valence-electron chi connectivity index (χ1n) is 7.40. The summed E-state index contributed by atoms with van der Waals surface area (Å²) in [5.74, 6) is 1.00. The smallest absolute Gasteiger partial charge is 0.233 e. The summed E-state index contributed by atoms with van der Waals surface area (Å²) in [6.45, 7) is 2.82. The van der Waals surface area contributed by atoms with Crippen molar-refractivity contribution in [3.63, 3.8) is 0 Å². The molecule has 122 valence electrons. The molecule has 1 aromatic carbocycles. The Hall–Kier alpha value is -2.12. The zero-order valence-corrected chi connectivity index (χ0v) is 13.9. The molecule has 0 aliphatic carbocycles. The average molecular weight is 335 g/mol. The maximum absolute atomic E-state index is 6.04. The molecule has 8 heteroatoms. The van der Waals surface area contributed by atoms with E-state index in [1.165, 1.54) is 0 Å². The molecule has 7 nitrogen and oxygen atoms in total. The zero-order valence-electron chi connectivity index (χ0n) is 13.2. The third-order valence-corrected chi connectivity index (χ3v) is 3.70. The lowest BCUT2D eigenvalue weighted by atomic mass is 10.2. The van der Waals surface area contributed by atoms with E-state index >= 15 is 0 Å². The van der Waals surface area contributed by atoms with Gasteiger partial charge in [0.2, 0.25) is 17.2 Å². The summed E-state index contributed by atoms with van der Waals surface area (Å²) in [6, 6.07) is 7.99. The number of halogens is 1. The lowest BCUT2D eigenvalue weighted by Gasteiger charge is -2.26. The number of nitrogens with zero attached hydrogens (tertiary/aromatic N) is 5. The fraction of sp³-hybridized carbons (Fsp3) is 0.400. The predicted molar refractivity (Wildman–Crippen MR) is 91.9 cm³/mol. The third kappa shape index (κ3) is 4.00. The molecule has 1 fully saturated rings. The molecule has 1 N–H and O–H groups in total. The number of hydrogen-bond acceptors (Lipinski definition) is 7. The quantitative estimate of drug-likeness (QED) is 0.919. The van der Waals surface area contributed by atoms with Gasteiger partial charge in [-0.2, -0.15) is 15.0 Å². The Kier molecular flexibility index (Phi) is 4.78. The van der Waals surface area contributed by atoms with E-state index in [-0.39, 0.29) is 5.28 Å². The molecule has 0 saturated carbocycles. The predicted octanol–water partition coefficient (Wildman–Crippen LogP) is 2.17. The van der Waals surface area contributed by atoms with E-state index in [0.717, 1.165) is 24.5 Å². The van der Waals surface area contributed by atoms with Crippen LogP contribution in [0.15, 0.2) is 24.3 Å². The number of nitrogens with one attached hydrogen (secondary N) is 1. The first-order chi connectivity index (χ1) is 11.1. The zero-order chi connectivity index (χ0) is 16.2. The van der Waals surface area contributed by atoms with E-state index in [1.54, 1.807) is 0 Å². The molecule has 1 saturated heterocycles. The van der Waals surface area contributed by atoms with Crippen molar-refractivity contribution >= 4 is 34.9 Å². The summed E-state index contributed by atoms with van der Waals surface area (Å²) in [7, 11) is 4.01. The van der Waals surface area contributed by atoms with Gasteiger partial charge in [0.1, 0.15) is 0 Å². The molecular weight excluding hydrogens is 316 g/mol. The topological polar surface area (TPSA) is 66.4 Å². The largest absolute Gasteiger partial charge is 0.378 e. The molecule has 0 radical (unpaired) electrons. The number of aromatic nitrogens is 3. The molecule has 0 spiro atoms. The summed E-state index contributed by atoms with van der Waals surface area (Å²) in [6.07, 6.45) is 0. The Bertz CT molecular complexity index is 658. The van der Waals surface area contributed by atoms with Crippen LogP contribution in [0.4, 0.5) is 23.3 Å². The Morgan fingerprint density at radius 1 is 1.09 bits per heavy atom. The van der Waals surface area contributed by atoms with Gasteiger partial charge in [-0.1, -0.05) is 0 Å². The number of benzene rings is 1. The number of ether oxygens (including phenoxy) is 1. The minimum atomic E-state index is 0.175. The molecule has 2 aromatic rings. The van der Waals surface area contributed by atoms with Crippen molar-refractivity contribution < 1.29 is 4.74 Å². The molecule has 0 amide bonds.